The molecule has 0 atom stereocenters. The Bertz CT molecular complexity index is 1170. The summed E-state index contributed by atoms with van der Waals surface area (Å²) in [5, 5.41) is 15.5. The number of nitrogens with zero attached hydrogens (tertiary/aromatic N) is 4. The van der Waals surface area contributed by atoms with Crippen LogP contribution in [0.3, 0.4) is 0 Å². The van der Waals surface area contributed by atoms with Gasteiger partial charge in [0.25, 0.3) is 0 Å². The Hall–Kier alpha value is -3.46. The van der Waals surface area contributed by atoms with Crippen LogP contribution < -0.4 is 5.32 Å². The molecule has 0 aliphatic carbocycles. The van der Waals surface area contributed by atoms with Gasteiger partial charge in [-0.3, -0.25) is 9.36 Å². The number of nitrogens with one attached hydrogen (secondary N) is 1. The topological polar surface area (TPSA) is 85.8 Å². The molecule has 0 bridgehead atoms. The zero-order valence-electron chi connectivity index (χ0n) is 16.3. The largest absolute Gasteiger partial charge is 0.359 e. The van der Waals surface area contributed by atoms with E-state index in [0.29, 0.717) is 33.7 Å². The molecule has 30 heavy (non-hydrogen) atoms. The molecule has 0 fully saturated rings. The fraction of sp³-hybridized carbons (Fsp3) is 0.143. The SMILES string of the molecule is Cc1noc(C)c1NC(=O)CSc1nnc(-c2ccccc2F)n1-c1ccccc1. The van der Waals surface area contributed by atoms with E-state index in [1.807, 2.05) is 30.3 Å². The number of hydrogen-bond donors (Lipinski definition) is 1. The predicted octanol–water partition coefficient (Wildman–Crippen LogP) is 4.41. The minimum Gasteiger partial charge on any atom is -0.359 e. The van der Waals surface area contributed by atoms with Crippen LogP contribution in [0, 0.1) is 19.7 Å². The lowest BCUT2D eigenvalue weighted by atomic mass is 10.2. The fourth-order valence-electron chi connectivity index (χ4n) is 2.96. The highest BCUT2D eigenvalue weighted by molar-refractivity contribution is 7.99. The molecule has 7 nitrogen and oxygen atoms in total. The van der Waals surface area contributed by atoms with Crippen molar-refractivity contribution in [3.8, 4) is 17.1 Å². The van der Waals surface area contributed by atoms with Crippen molar-refractivity contribution in [1.29, 1.82) is 0 Å². The summed E-state index contributed by atoms with van der Waals surface area (Å²) in [4.78, 5) is 12.4. The molecular weight excluding hydrogens is 405 g/mol. The molecule has 1 amide bonds. The normalized spacial score (nSPS) is 10.9. The highest BCUT2D eigenvalue weighted by atomic mass is 32.2. The van der Waals surface area contributed by atoms with E-state index in [1.54, 1.807) is 36.6 Å². The molecule has 1 N–H and O–H groups in total. The number of carbonyl (C=O) groups excluding carboxylic acids is 1. The molecule has 0 saturated carbocycles. The Morgan fingerprint density at radius 3 is 2.53 bits per heavy atom. The molecule has 4 rings (SSSR count). The average molecular weight is 423 g/mol. The molecule has 9 heteroatoms. The second-order valence-corrected chi connectivity index (χ2v) is 7.44. The molecule has 2 heterocycles. The lowest BCUT2D eigenvalue weighted by molar-refractivity contribution is -0.113. The van der Waals surface area contributed by atoms with Crippen molar-refractivity contribution < 1.29 is 13.7 Å². The molecule has 0 radical (unpaired) electrons. The molecular formula is C21H18FN5O2S. The summed E-state index contributed by atoms with van der Waals surface area (Å²) in [5.74, 6) is 0.374. The van der Waals surface area contributed by atoms with E-state index in [9.17, 15) is 9.18 Å². The molecule has 0 aliphatic heterocycles. The number of halogens is 1. The third-order valence-electron chi connectivity index (χ3n) is 4.39. The van der Waals surface area contributed by atoms with Gasteiger partial charge in [-0.25, -0.2) is 4.39 Å². The number of anilines is 1. The van der Waals surface area contributed by atoms with E-state index in [0.717, 1.165) is 5.69 Å². The molecule has 2 aromatic heterocycles. The Kier molecular flexibility index (Phi) is 5.62. The van der Waals surface area contributed by atoms with Crippen molar-refractivity contribution >= 4 is 23.4 Å². The van der Waals surface area contributed by atoms with E-state index >= 15 is 0 Å². The Balaban J connectivity index is 1.62. The van der Waals surface area contributed by atoms with Crippen LogP contribution in [-0.4, -0.2) is 31.6 Å². The van der Waals surface area contributed by atoms with Gasteiger partial charge in [-0.15, -0.1) is 10.2 Å². The third-order valence-corrected chi connectivity index (χ3v) is 5.32. The van der Waals surface area contributed by atoms with Gasteiger partial charge in [0.1, 0.15) is 17.2 Å². The molecule has 0 spiro atoms. The van der Waals surface area contributed by atoms with Crippen LogP contribution in [0.4, 0.5) is 10.1 Å². The summed E-state index contributed by atoms with van der Waals surface area (Å²) in [7, 11) is 0. The van der Waals surface area contributed by atoms with Crippen molar-refractivity contribution in [3.05, 3.63) is 71.9 Å². The first kappa shape index (κ1) is 19.8. The minimum atomic E-state index is -0.394. The number of amides is 1. The van der Waals surface area contributed by atoms with Gasteiger partial charge >= 0.3 is 0 Å². The number of rotatable bonds is 6. The maximum atomic E-state index is 14.4. The van der Waals surface area contributed by atoms with Crippen molar-refractivity contribution in [2.75, 3.05) is 11.1 Å². The summed E-state index contributed by atoms with van der Waals surface area (Å²) in [5.41, 5.74) is 2.28. The lowest BCUT2D eigenvalue weighted by Crippen LogP contribution is -2.15. The third kappa shape index (κ3) is 3.97. The average Bonchev–Trinajstić information content (AvgIpc) is 3.31. The van der Waals surface area contributed by atoms with E-state index < -0.39 is 5.82 Å². The summed E-state index contributed by atoms with van der Waals surface area (Å²) in [6, 6.07) is 15.8. The van der Waals surface area contributed by atoms with Crippen LogP contribution in [0.15, 0.2) is 64.3 Å². The second kappa shape index (κ2) is 8.50. The highest BCUT2D eigenvalue weighted by Gasteiger charge is 2.20. The quantitative estimate of drug-likeness (QED) is 0.463. The second-order valence-electron chi connectivity index (χ2n) is 6.49. The van der Waals surface area contributed by atoms with Gasteiger partial charge in [0, 0.05) is 5.69 Å². The predicted molar refractivity (Wildman–Crippen MR) is 112 cm³/mol. The Labute approximate surface area is 176 Å². The number of aromatic nitrogens is 4. The molecule has 0 aliphatic rings. The Morgan fingerprint density at radius 1 is 1.10 bits per heavy atom. The maximum absolute atomic E-state index is 14.4. The van der Waals surface area contributed by atoms with Crippen LogP contribution in [0.2, 0.25) is 0 Å². The van der Waals surface area contributed by atoms with Gasteiger partial charge in [-0.2, -0.15) is 0 Å². The van der Waals surface area contributed by atoms with Crippen molar-refractivity contribution in [2.45, 2.75) is 19.0 Å². The molecule has 2 aromatic carbocycles. The standard InChI is InChI=1S/C21H18FN5O2S/c1-13-19(14(2)29-26-13)23-18(28)12-30-21-25-24-20(16-10-6-7-11-17(16)22)27(21)15-8-4-3-5-9-15/h3-11H,12H2,1-2H3,(H,23,28). The van der Waals surface area contributed by atoms with Gasteiger partial charge in [0.2, 0.25) is 5.91 Å². The van der Waals surface area contributed by atoms with Crippen LogP contribution in [-0.2, 0) is 4.79 Å². The van der Waals surface area contributed by atoms with Crippen LogP contribution >= 0.6 is 11.8 Å². The number of carbonyl (C=O) groups is 1. The number of thioether (sulfide) groups is 1. The molecule has 0 saturated heterocycles. The summed E-state index contributed by atoms with van der Waals surface area (Å²) in [6.07, 6.45) is 0. The number of aryl methyl sites for hydroxylation is 2. The lowest BCUT2D eigenvalue weighted by Gasteiger charge is -2.11. The van der Waals surface area contributed by atoms with Crippen molar-refractivity contribution in [1.82, 2.24) is 19.9 Å². The minimum absolute atomic E-state index is 0.0896. The maximum Gasteiger partial charge on any atom is 0.234 e. The zero-order chi connectivity index (χ0) is 21.1. The number of hydrogen-bond acceptors (Lipinski definition) is 6. The Morgan fingerprint density at radius 2 is 1.83 bits per heavy atom. The summed E-state index contributed by atoms with van der Waals surface area (Å²) >= 11 is 1.21. The van der Waals surface area contributed by atoms with Gasteiger partial charge in [-0.1, -0.05) is 47.3 Å². The number of benzene rings is 2. The van der Waals surface area contributed by atoms with E-state index in [4.69, 9.17) is 4.52 Å². The summed E-state index contributed by atoms with van der Waals surface area (Å²) in [6.45, 7) is 3.49. The molecule has 0 unspecified atom stereocenters. The van der Waals surface area contributed by atoms with Gasteiger partial charge in [-0.05, 0) is 38.1 Å². The van der Waals surface area contributed by atoms with Gasteiger partial charge in [0.15, 0.2) is 16.7 Å². The first-order chi connectivity index (χ1) is 14.5. The van der Waals surface area contributed by atoms with Gasteiger partial charge < -0.3 is 9.84 Å². The van der Waals surface area contributed by atoms with Crippen LogP contribution in [0.1, 0.15) is 11.5 Å². The smallest absolute Gasteiger partial charge is 0.234 e. The van der Waals surface area contributed by atoms with E-state index in [2.05, 4.69) is 20.7 Å². The first-order valence-electron chi connectivity index (χ1n) is 9.16. The molecule has 4 aromatic rings. The zero-order valence-corrected chi connectivity index (χ0v) is 17.1. The number of para-hydroxylation sites is 1. The molecule has 152 valence electrons. The van der Waals surface area contributed by atoms with Crippen molar-refractivity contribution in [3.63, 3.8) is 0 Å². The van der Waals surface area contributed by atoms with E-state index in [-0.39, 0.29) is 11.7 Å². The summed E-state index contributed by atoms with van der Waals surface area (Å²) < 4.78 is 21.2. The highest BCUT2D eigenvalue weighted by Crippen LogP contribution is 2.29. The first-order valence-corrected chi connectivity index (χ1v) is 10.1. The monoisotopic (exact) mass is 423 g/mol. The van der Waals surface area contributed by atoms with Crippen LogP contribution in [0.5, 0.6) is 0 Å². The van der Waals surface area contributed by atoms with E-state index in [1.165, 1.54) is 17.8 Å². The van der Waals surface area contributed by atoms with Crippen LogP contribution in [0.25, 0.3) is 17.1 Å². The van der Waals surface area contributed by atoms with Crippen molar-refractivity contribution in [2.24, 2.45) is 0 Å². The van der Waals surface area contributed by atoms with Gasteiger partial charge in [0.05, 0.1) is 11.3 Å². The fourth-order valence-corrected chi connectivity index (χ4v) is 3.71.